The molecule has 0 bridgehead atoms. The third kappa shape index (κ3) is 1.97. The van der Waals surface area contributed by atoms with Gasteiger partial charge in [0, 0.05) is 5.56 Å². The lowest BCUT2D eigenvalue weighted by Gasteiger charge is -2.01. The van der Waals surface area contributed by atoms with Gasteiger partial charge in [0.05, 0.1) is 12.1 Å². The van der Waals surface area contributed by atoms with Crippen LogP contribution >= 0.6 is 0 Å². The average molecular weight is 184 g/mol. The molecular formula is C11H8N2O. The van der Waals surface area contributed by atoms with Crippen molar-refractivity contribution in [3.8, 4) is 12.1 Å². The minimum Gasteiger partial charge on any atom is -0.295 e. The van der Waals surface area contributed by atoms with E-state index in [1.165, 1.54) is 6.92 Å². The van der Waals surface area contributed by atoms with Crippen molar-refractivity contribution in [3.05, 3.63) is 35.4 Å². The van der Waals surface area contributed by atoms with Gasteiger partial charge in [0.15, 0.2) is 11.7 Å². The highest BCUT2D eigenvalue weighted by atomic mass is 16.1. The van der Waals surface area contributed by atoms with E-state index in [-0.39, 0.29) is 5.78 Å². The van der Waals surface area contributed by atoms with Gasteiger partial charge in [-0.1, -0.05) is 18.2 Å². The number of carbonyl (C=O) groups excluding carboxylic acids is 1. The summed E-state index contributed by atoms with van der Waals surface area (Å²) >= 11 is 0. The maximum Gasteiger partial charge on any atom is 0.159 e. The van der Waals surface area contributed by atoms with E-state index in [1.54, 1.807) is 24.3 Å². The second-order valence-corrected chi connectivity index (χ2v) is 2.87. The molecule has 0 radical (unpaired) electrons. The summed E-state index contributed by atoms with van der Waals surface area (Å²) in [5, 5.41) is 17.3. The molecule has 0 unspecified atom stereocenters. The molecule has 0 amide bonds. The normalized spacial score (nSPS) is 9.14. The summed E-state index contributed by atoms with van der Waals surface area (Å²) in [6.07, 6.45) is 0. The Kier molecular flexibility index (Phi) is 2.99. The standard InChI is InChI=1S/C11H8N2O/c1-8(14)9-3-2-4-10(5-9)11(6-12)7-13/h2-5,11H,1H3. The molecule has 68 valence electrons. The third-order valence-electron chi connectivity index (χ3n) is 1.88. The summed E-state index contributed by atoms with van der Waals surface area (Å²) in [4.78, 5) is 11.0. The molecule has 1 aromatic carbocycles. The second kappa shape index (κ2) is 4.20. The SMILES string of the molecule is CC(=O)c1cccc(C(C#N)C#N)c1. The average Bonchev–Trinajstić information content (AvgIpc) is 2.20. The Bertz CT molecular complexity index is 423. The third-order valence-corrected chi connectivity index (χ3v) is 1.88. The van der Waals surface area contributed by atoms with Gasteiger partial charge in [0.1, 0.15) is 0 Å². The molecule has 14 heavy (non-hydrogen) atoms. The van der Waals surface area contributed by atoms with Crippen LogP contribution in [0.4, 0.5) is 0 Å². The van der Waals surface area contributed by atoms with E-state index >= 15 is 0 Å². The number of benzene rings is 1. The van der Waals surface area contributed by atoms with Crippen LogP contribution in [0, 0.1) is 22.7 Å². The molecule has 0 saturated carbocycles. The number of Topliss-reactive ketones (excluding diaryl/α,β-unsaturated/α-hetero) is 1. The molecule has 0 atom stereocenters. The van der Waals surface area contributed by atoms with E-state index in [0.29, 0.717) is 11.1 Å². The van der Waals surface area contributed by atoms with Gasteiger partial charge >= 0.3 is 0 Å². The van der Waals surface area contributed by atoms with Crippen LogP contribution in [0.3, 0.4) is 0 Å². The Morgan fingerprint density at radius 3 is 2.50 bits per heavy atom. The van der Waals surface area contributed by atoms with Crippen LogP contribution in [0.25, 0.3) is 0 Å². The van der Waals surface area contributed by atoms with Crippen LogP contribution in [-0.2, 0) is 0 Å². The van der Waals surface area contributed by atoms with Crippen LogP contribution in [0.1, 0.15) is 28.8 Å². The first-order chi connectivity index (χ1) is 6.69. The maximum atomic E-state index is 11.0. The number of rotatable bonds is 2. The molecule has 1 aromatic rings. The number of hydrogen-bond acceptors (Lipinski definition) is 3. The fourth-order valence-corrected chi connectivity index (χ4v) is 1.12. The van der Waals surface area contributed by atoms with Crippen molar-refractivity contribution < 1.29 is 4.79 Å². The van der Waals surface area contributed by atoms with Crippen molar-refractivity contribution in [2.75, 3.05) is 0 Å². The smallest absolute Gasteiger partial charge is 0.159 e. The Balaban J connectivity index is 3.14. The van der Waals surface area contributed by atoms with Gasteiger partial charge in [-0.3, -0.25) is 4.79 Å². The predicted octanol–water partition coefficient (Wildman–Crippen LogP) is 2.02. The highest BCUT2D eigenvalue weighted by Crippen LogP contribution is 2.15. The van der Waals surface area contributed by atoms with Crippen LogP contribution in [0.5, 0.6) is 0 Å². The zero-order valence-electron chi connectivity index (χ0n) is 7.69. The molecule has 0 aliphatic heterocycles. The summed E-state index contributed by atoms with van der Waals surface area (Å²) in [5.41, 5.74) is 1.10. The zero-order valence-corrected chi connectivity index (χ0v) is 7.69. The molecule has 0 spiro atoms. The summed E-state index contributed by atoms with van der Waals surface area (Å²) in [5.74, 6) is -0.865. The van der Waals surface area contributed by atoms with Crippen LogP contribution in [0.15, 0.2) is 24.3 Å². The molecule has 1 rings (SSSR count). The summed E-state index contributed by atoms with van der Waals surface area (Å²) in [7, 11) is 0. The Labute approximate surface area is 82.2 Å². The molecule has 3 nitrogen and oxygen atoms in total. The van der Waals surface area contributed by atoms with Gasteiger partial charge in [0.25, 0.3) is 0 Å². The van der Waals surface area contributed by atoms with Gasteiger partial charge in [-0.15, -0.1) is 0 Å². The van der Waals surface area contributed by atoms with Gasteiger partial charge in [0.2, 0.25) is 0 Å². The van der Waals surface area contributed by atoms with E-state index in [9.17, 15) is 4.79 Å². The molecule has 0 aliphatic carbocycles. The van der Waals surface area contributed by atoms with Crippen molar-refractivity contribution in [2.45, 2.75) is 12.8 Å². The zero-order chi connectivity index (χ0) is 10.6. The number of hydrogen-bond donors (Lipinski definition) is 0. The van der Waals surface area contributed by atoms with Gasteiger partial charge < -0.3 is 0 Å². The second-order valence-electron chi connectivity index (χ2n) is 2.87. The van der Waals surface area contributed by atoms with Crippen molar-refractivity contribution in [3.63, 3.8) is 0 Å². The van der Waals surface area contributed by atoms with Crippen LogP contribution < -0.4 is 0 Å². The lowest BCUT2D eigenvalue weighted by Crippen LogP contribution is -1.96. The molecule has 0 aliphatic rings. The summed E-state index contributed by atoms with van der Waals surface area (Å²) < 4.78 is 0. The van der Waals surface area contributed by atoms with Crippen molar-refractivity contribution in [1.29, 1.82) is 10.5 Å². The van der Waals surface area contributed by atoms with Gasteiger partial charge in [-0.05, 0) is 18.6 Å². The number of nitriles is 2. The van der Waals surface area contributed by atoms with Crippen LogP contribution in [-0.4, -0.2) is 5.78 Å². The van der Waals surface area contributed by atoms with Crippen LogP contribution in [0.2, 0.25) is 0 Å². The lowest BCUT2D eigenvalue weighted by atomic mass is 9.99. The van der Waals surface area contributed by atoms with Gasteiger partial charge in [-0.2, -0.15) is 10.5 Å². The van der Waals surface area contributed by atoms with Crippen molar-refractivity contribution in [2.24, 2.45) is 0 Å². The summed E-state index contributed by atoms with van der Waals surface area (Å²) in [6.45, 7) is 1.45. The van der Waals surface area contributed by atoms with Crippen molar-refractivity contribution in [1.82, 2.24) is 0 Å². The number of ketones is 1. The Morgan fingerprint density at radius 1 is 1.36 bits per heavy atom. The Morgan fingerprint density at radius 2 is 2.00 bits per heavy atom. The number of carbonyl (C=O) groups is 1. The Hall–Kier alpha value is -2.13. The molecule has 0 aromatic heterocycles. The fraction of sp³-hybridized carbons (Fsp3) is 0.182. The minimum absolute atomic E-state index is 0.0681. The first-order valence-electron chi connectivity index (χ1n) is 4.09. The van der Waals surface area contributed by atoms with Crippen molar-refractivity contribution >= 4 is 5.78 Å². The van der Waals surface area contributed by atoms with Gasteiger partial charge in [-0.25, -0.2) is 0 Å². The van der Waals surface area contributed by atoms with E-state index < -0.39 is 5.92 Å². The highest BCUT2D eigenvalue weighted by molar-refractivity contribution is 5.94. The van der Waals surface area contributed by atoms with E-state index in [0.717, 1.165) is 0 Å². The topological polar surface area (TPSA) is 64.7 Å². The largest absolute Gasteiger partial charge is 0.295 e. The predicted molar refractivity (Wildman–Crippen MR) is 50.4 cm³/mol. The summed E-state index contributed by atoms with van der Waals surface area (Å²) in [6, 6.07) is 10.3. The maximum absolute atomic E-state index is 11.0. The first kappa shape index (κ1) is 9.95. The molecule has 0 saturated heterocycles. The molecule has 0 fully saturated rings. The molecule has 0 heterocycles. The molecule has 0 N–H and O–H groups in total. The molecule has 3 heteroatoms. The highest BCUT2D eigenvalue weighted by Gasteiger charge is 2.10. The van der Waals surface area contributed by atoms with E-state index in [4.69, 9.17) is 10.5 Å². The number of nitrogens with zero attached hydrogens (tertiary/aromatic N) is 2. The lowest BCUT2D eigenvalue weighted by molar-refractivity contribution is 0.101. The molecular weight excluding hydrogens is 176 g/mol. The van der Waals surface area contributed by atoms with E-state index in [2.05, 4.69) is 0 Å². The first-order valence-corrected chi connectivity index (χ1v) is 4.09. The quantitative estimate of drug-likeness (QED) is 0.660. The fourth-order valence-electron chi connectivity index (χ4n) is 1.12. The van der Waals surface area contributed by atoms with E-state index in [1.807, 2.05) is 12.1 Å². The monoisotopic (exact) mass is 184 g/mol. The minimum atomic E-state index is -0.797.